The molecule has 1 unspecified atom stereocenters. The molecule has 0 radical (unpaired) electrons. The Bertz CT molecular complexity index is 3030. The molecule has 2 aliphatic rings. The molecule has 29 heteroatoms. The molecule has 2 aromatic carbocycles. The number of rotatable bonds is 12. The van der Waals surface area contributed by atoms with Gasteiger partial charge in [-0.15, -0.1) is 0 Å². The molecule has 0 fully saturated rings. The summed E-state index contributed by atoms with van der Waals surface area (Å²) in [5, 5.41) is 0. The van der Waals surface area contributed by atoms with E-state index in [4.69, 9.17) is 0 Å². The summed E-state index contributed by atoms with van der Waals surface area (Å²) in [6.45, 7) is 0. The lowest BCUT2D eigenvalue weighted by atomic mass is 9.90. The first-order chi connectivity index (χ1) is 33.2. The van der Waals surface area contributed by atoms with Crippen molar-refractivity contribution in [2.45, 2.75) is 71.8 Å². The zero-order valence-electron chi connectivity index (χ0n) is 34.8. The van der Waals surface area contributed by atoms with Crippen molar-refractivity contribution in [3.63, 3.8) is 0 Å². The van der Waals surface area contributed by atoms with Crippen molar-refractivity contribution in [3.8, 4) is 22.3 Å². The first kappa shape index (κ1) is 54.1. The molecule has 5 aromatic rings. The Morgan fingerprint density at radius 1 is 0.342 bits per heavy atom. The highest BCUT2D eigenvalue weighted by Gasteiger charge is 2.91. The standard InChI is InChI=1S/C44H21F25N4/c45-33(35(48,49)37(52,53)39(56,57)41(60,61)43(64,65)66)31-25-13-11-21(70-25)29(19-7-3-1-4-8-19)23-15-17-27(72-23)32(34(46,47)36(50,51)38(54,55)40(58,59)42(62,63)44(67,68)69)28-18-16-24(73-28)30(20-9-5-2-6-10-20)22-12-14-26(31)71-22/h1-18,33,72-73H. The van der Waals surface area contributed by atoms with Crippen molar-refractivity contribution < 1.29 is 110 Å². The van der Waals surface area contributed by atoms with Crippen molar-refractivity contribution in [3.05, 3.63) is 119 Å². The van der Waals surface area contributed by atoms with Crippen molar-refractivity contribution in [2.75, 3.05) is 0 Å². The highest BCUT2D eigenvalue weighted by Crippen LogP contribution is 2.64. The summed E-state index contributed by atoms with van der Waals surface area (Å²) in [4.78, 5) is 11.6. The van der Waals surface area contributed by atoms with E-state index in [0.717, 1.165) is 24.3 Å². The minimum absolute atomic E-state index is 0.275. The number of aromatic nitrogens is 4. The van der Waals surface area contributed by atoms with E-state index in [0.29, 0.717) is 48.6 Å². The number of H-pyrrole nitrogens is 2. The molecule has 392 valence electrons. The minimum Gasteiger partial charge on any atom is -0.354 e. The molecule has 5 heterocycles. The van der Waals surface area contributed by atoms with E-state index in [1.165, 1.54) is 36.4 Å². The van der Waals surface area contributed by atoms with Crippen LogP contribution in [0.15, 0.2) is 84.9 Å². The number of aromatic amines is 2. The van der Waals surface area contributed by atoms with E-state index in [1.54, 1.807) is 0 Å². The smallest absolute Gasteiger partial charge is 0.354 e. The van der Waals surface area contributed by atoms with E-state index >= 15 is 48.3 Å². The molecule has 0 spiro atoms. The van der Waals surface area contributed by atoms with E-state index < -0.39 is 139 Å². The van der Waals surface area contributed by atoms with Gasteiger partial charge in [0, 0.05) is 27.7 Å². The van der Waals surface area contributed by atoms with E-state index in [9.17, 15) is 61.5 Å². The van der Waals surface area contributed by atoms with Gasteiger partial charge in [-0.3, -0.25) is 0 Å². The Hall–Kier alpha value is -6.71. The summed E-state index contributed by atoms with van der Waals surface area (Å²) in [6.07, 6.45) is -18.4. The third kappa shape index (κ3) is 7.87. The van der Waals surface area contributed by atoms with Crippen LogP contribution in [0.2, 0.25) is 0 Å². The number of hydrogen-bond donors (Lipinski definition) is 2. The molecular formula is C44H21F25N4. The van der Waals surface area contributed by atoms with Crippen LogP contribution in [0, 0.1) is 0 Å². The number of hydrogen-bond acceptors (Lipinski definition) is 2. The van der Waals surface area contributed by atoms with Gasteiger partial charge in [0.1, 0.15) is 0 Å². The van der Waals surface area contributed by atoms with Crippen molar-refractivity contribution >= 4 is 46.4 Å². The number of nitrogens with zero attached hydrogens (tertiary/aromatic N) is 2. The normalized spacial score (nSPS) is 15.3. The van der Waals surface area contributed by atoms with Gasteiger partial charge in [-0.1, -0.05) is 60.7 Å². The fraction of sp³-hybridized carbons (Fsp3) is 0.273. The molecule has 2 N–H and O–H groups in total. The van der Waals surface area contributed by atoms with E-state index in [-0.39, 0.29) is 11.1 Å². The second kappa shape index (κ2) is 16.9. The molecule has 8 bridgehead atoms. The van der Waals surface area contributed by atoms with Gasteiger partial charge in [-0.25, -0.2) is 14.4 Å². The largest absolute Gasteiger partial charge is 0.460 e. The summed E-state index contributed by atoms with van der Waals surface area (Å²) in [7, 11) is 0. The quantitative estimate of drug-likeness (QED) is 0.120. The Morgan fingerprint density at radius 3 is 1.01 bits per heavy atom. The van der Waals surface area contributed by atoms with Crippen LogP contribution in [0.4, 0.5) is 110 Å². The zero-order valence-corrected chi connectivity index (χ0v) is 34.8. The van der Waals surface area contributed by atoms with Crippen molar-refractivity contribution in [2.24, 2.45) is 0 Å². The van der Waals surface area contributed by atoms with Crippen LogP contribution in [0.5, 0.6) is 0 Å². The third-order valence-corrected chi connectivity index (χ3v) is 11.3. The molecule has 7 rings (SSSR count). The predicted molar refractivity (Wildman–Crippen MR) is 209 cm³/mol. The fourth-order valence-electron chi connectivity index (χ4n) is 7.49. The summed E-state index contributed by atoms with van der Waals surface area (Å²) in [5.74, 6) is -70.9. The van der Waals surface area contributed by atoms with Crippen LogP contribution in [0.3, 0.4) is 0 Å². The molecule has 0 saturated carbocycles. The van der Waals surface area contributed by atoms with Gasteiger partial charge in [-0.05, 0) is 59.7 Å². The Kier molecular flexibility index (Phi) is 12.5. The first-order valence-electron chi connectivity index (χ1n) is 19.7. The van der Waals surface area contributed by atoms with Gasteiger partial charge in [0.25, 0.3) is 0 Å². The highest BCUT2D eigenvalue weighted by molar-refractivity contribution is 5.94. The third-order valence-electron chi connectivity index (χ3n) is 11.3. The van der Waals surface area contributed by atoms with Crippen LogP contribution in [-0.2, 0) is 5.92 Å². The van der Waals surface area contributed by atoms with Gasteiger partial charge >= 0.3 is 65.7 Å². The van der Waals surface area contributed by atoms with Gasteiger partial charge in [0.15, 0.2) is 6.17 Å². The average Bonchev–Trinajstić information content (AvgIpc) is 4.14. The zero-order chi connectivity index (χ0) is 54.7. The Morgan fingerprint density at radius 2 is 0.658 bits per heavy atom. The summed E-state index contributed by atoms with van der Waals surface area (Å²) >= 11 is 0. The average molecular weight is 1080 g/mol. The van der Waals surface area contributed by atoms with Crippen LogP contribution in [0.25, 0.3) is 68.6 Å². The summed E-state index contributed by atoms with van der Waals surface area (Å²) in [5.41, 5.74) is -15.6. The lowest BCUT2D eigenvalue weighted by Crippen LogP contribution is -2.69. The van der Waals surface area contributed by atoms with Crippen LogP contribution in [0.1, 0.15) is 40.1 Å². The molecule has 0 amide bonds. The van der Waals surface area contributed by atoms with E-state index in [2.05, 4.69) is 9.97 Å². The highest BCUT2D eigenvalue weighted by atomic mass is 19.4. The lowest BCUT2D eigenvalue weighted by molar-refractivity contribution is -0.441. The van der Waals surface area contributed by atoms with Crippen molar-refractivity contribution in [1.82, 2.24) is 19.9 Å². The number of nitrogens with one attached hydrogen (secondary N) is 2. The van der Waals surface area contributed by atoms with Crippen molar-refractivity contribution in [1.29, 1.82) is 0 Å². The Balaban J connectivity index is 1.65. The maximum Gasteiger partial charge on any atom is 0.460 e. The summed E-state index contributed by atoms with van der Waals surface area (Å²) in [6, 6.07) is 13.3. The second-order valence-electron chi connectivity index (χ2n) is 15.8. The Labute approximate surface area is 388 Å². The van der Waals surface area contributed by atoms with Gasteiger partial charge < -0.3 is 9.97 Å². The molecule has 1 atom stereocenters. The number of alkyl halides is 25. The predicted octanol–water partition coefficient (Wildman–Crippen LogP) is 16.3. The molecule has 2 aliphatic heterocycles. The fourth-order valence-corrected chi connectivity index (χ4v) is 7.49. The number of fused-ring (bicyclic) bond motifs is 8. The van der Waals surface area contributed by atoms with Crippen LogP contribution in [-0.4, -0.2) is 79.7 Å². The molecule has 3 aromatic heterocycles. The van der Waals surface area contributed by atoms with E-state index in [1.807, 2.05) is 9.97 Å². The molecule has 4 nitrogen and oxygen atoms in total. The van der Waals surface area contributed by atoms with Crippen LogP contribution >= 0.6 is 0 Å². The van der Waals surface area contributed by atoms with Gasteiger partial charge in [-0.2, -0.15) is 105 Å². The van der Waals surface area contributed by atoms with Gasteiger partial charge in [0.05, 0.1) is 39.4 Å². The van der Waals surface area contributed by atoms with Crippen LogP contribution < -0.4 is 0 Å². The molecule has 0 aliphatic carbocycles. The topological polar surface area (TPSA) is 57.4 Å². The molecule has 0 saturated heterocycles. The van der Waals surface area contributed by atoms with Gasteiger partial charge in [0.2, 0.25) is 0 Å². The molecule has 73 heavy (non-hydrogen) atoms. The first-order valence-corrected chi connectivity index (χ1v) is 19.7. The number of halogens is 25. The lowest BCUT2D eigenvalue weighted by Gasteiger charge is -2.39. The summed E-state index contributed by atoms with van der Waals surface area (Å²) < 4.78 is 365. The maximum atomic E-state index is 16.6. The SMILES string of the molecule is FC(c1c2nc(c(-c3ccccc3)c3ccc([nH]3)c(C(F)(F)C(F)(F)C(F)(F)C(F)(F)C(F)(F)C(F)(F)F)c3ccc([nH]3)c(-c3ccccc3)c3nc1C=C3)C=C2)C(F)(F)C(F)(F)C(F)(F)C(F)(F)C(F)(F)F. The second-order valence-corrected chi connectivity index (χ2v) is 15.8. The monoisotopic (exact) mass is 1080 g/mol. The maximum absolute atomic E-state index is 16.6. The minimum atomic E-state index is -8.33. The molecular weight excluding hydrogens is 1060 g/mol. The number of benzene rings is 2.